The molecule has 1 aliphatic carbocycles. The second-order valence-corrected chi connectivity index (χ2v) is 3.22. The maximum Gasteiger partial charge on any atom is 0.311 e. The minimum Gasteiger partial charge on any atom is -0.469 e. The minimum atomic E-state index is -1.07. The van der Waals surface area contributed by atoms with E-state index >= 15 is 0 Å². The van der Waals surface area contributed by atoms with Crippen LogP contribution in [-0.4, -0.2) is 25.3 Å². The van der Waals surface area contributed by atoms with Gasteiger partial charge < -0.3 is 10.5 Å². The van der Waals surface area contributed by atoms with Gasteiger partial charge in [-0.2, -0.15) is 0 Å². The molecule has 1 rings (SSSR count). The third-order valence-electron chi connectivity index (χ3n) is 2.31. The van der Waals surface area contributed by atoms with Gasteiger partial charge in [-0.3, -0.25) is 4.79 Å². The fraction of sp³-hybridized carbons (Fsp3) is 0.875. The Morgan fingerprint density at radius 2 is 2.25 bits per heavy atom. The first-order chi connectivity index (χ1) is 5.65. The molecule has 0 heterocycles. The Balaban J connectivity index is 2.54. The Hall–Kier alpha value is -0.640. The van der Waals surface area contributed by atoms with Gasteiger partial charge in [0.2, 0.25) is 0 Å². The van der Waals surface area contributed by atoms with Gasteiger partial charge in [0.15, 0.2) is 0 Å². The largest absolute Gasteiger partial charge is 0.469 e. The van der Waals surface area contributed by atoms with Crippen LogP contribution >= 0.6 is 0 Å². The number of alkyl halides is 1. The van der Waals surface area contributed by atoms with E-state index in [1.54, 1.807) is 0 Å². The summed E-state index contributed by atoms with van der Waals surface area (Å²) in [6, 6.07) is -0.0545. The lowest BCUT2D eigenvalue weighted by atomic mass is 9.85. The van der Waals surface area contributed by atoms with Gasteiger partial charge in [-0.15, -0.1) is 0 Å². The van der Waals surface area contributed by atoms with E-state index in [1.807, 2.05) is 0 Å². The molecule has 12 heavy (non-hydrogen) atoms. The smallest absolute Gasteiger partial charge is 0.311 e. The molecule has 70 valence electrons. The van der Waals surface area contributed by atoms with Crippen LogP contribution in [0.15, 0.2) is 0 Å². The van der Waals surface area contributed by atoms with Crippen molar-refractivity contribution in [2.75, 3.05) is 7.11 Å². The van der Waals surface area contributed by atoms with E-state index < -0.39 is 18.1 Å². The van der Waals surface area contributed by atoms with Gasteiger partial charge in [-0.25, -0.2) is 4.39 Å². The Bertz CT molecular complexity index is 174. The summed E-state index contributed by atoms with van der Waals surface area (Å²) < 4.78 is 17.6. The number of methoxy groups -OCH3 is 1. The SMILES string of the molecule is COC(=O)C1CC(N)CCC1F. The average Bonchev–Trinajstić information content (AvgIpc) is 2.08. The van der Waals surface area contributed by atoms with Crippen LogP contribution in [0.25, 0.3) is 0 Å². The second-order valence-electron chi connectivity index (χ2n) is 3.22. The molecule has 0 spiro atoms. The van der Waals surface area contributed by atoms with E-state index in [-0.39, 0.29) is 6.04 Å². The third-order valence-corrected chi connectivity index (χ3v) is 2.31. The summed E-state index contributed by atoms with van der Waals surface area (Å²) in [7, 11) is 1.27. The number of rotatable bonds is 1. The highest BCUT2D eigenvalue weighted by atomic mass is 19.1. The van der Waals surface area contributed by atoms with Crippen molar-refractivity contribution in [2.45, 2.75) is 31.5 Å². The summed E-state index contributed by atoms with van der Waals surface area (Å²) in [4.78, 5) is 11.0. The summed E-state index contributed by atoms with van der Waals surface area (Å²) in [5.74, 6) is -1.11. The van der Waals surface area contributed by atoms with Gasteiger partial charge in [0.05, 0.1) is 13.0 Å². The van der Waals surface area contributed by atoms with Crippen molar-refractivity contribution in [1.29, 1.82) is 0 Å². The van der Waals surface area contributed by atoms with Crippen molar-refractivity contribution in [3.05, 3.63) is 0 Å². The first-order valence-corrected chi connectivity index (χ1v) is 4.12. The zero-order chi connectivity index (χ0) is 9.14. The number of carbonyl (C=O) groups is 1. The van der Waals surface area contributed by atoms with Crippen molar-refractivity contribution in [2.24, 2.45) is 11.7 Å². The van der Waals surface area contributed by atoms with Crippen molar-refractivity contribution >= 4 is 5.97 Å². The minimum absolute atomic E-state index is 0.0545. The maximum atomic E-state index is 13.1. The highest BCUT2D eigenvalue weighted by molar-refractivity contribution is 5.73. The molecule has 3 atom stereocenters. The standard InChI is InChI=1S/C8H14FNO2/c1-12-8(11)6-4-5(10)2-3-7(6)9/h5-7H,2-4,10H2,1H3. The number of halogens is 1. The van der Waals surface area contributed by atoms with Crippen LogP contribution in [0.1, 0.15) is 19.3 Å². The predicted octanol–water partition coefficient (Wildman–Crippen LogP) is 0.625. The molecule has 0 aromatic carbocycles. The number of hydrogen-bond donors (Lipinski definition) is 1. The van der Waals surface area contributed by atoms with E-state index in [0.29, 0.717) is 19.3 Å². The summed E-state index contributed by atoms with van der Waals surface area (Å²) in [6.07, 6.45) is 0.376. The molecule has 0 amide bonds. The Labute approximate surface area is 71.1 Å². The average molecular weight is 175 g/mol. The van der Waals surface area contributed by atoms with Crippen LogP contribution in [0.4, 0.5) is 4.39 Å². The van der Waals surface area contributed by atoms with Crippen molar-refractivity contribution in [3.63, 3.8) is 0 Å². The molecule has 0 saturated heterocycles. The predicted molar refractivity (Wildman–Crippen MR) is 42.2 cm³/mol. The lowest BCUT2D eigenvalue weighted by Crippen LogP contribution is -2.38. The van der Waals surface area contributed by atoms with Gasteiger partial charge in [0.1, 0.15) is 6.17 Å². The first kappa shape index (κ1) is 9.45. The van der Waals surface area contributed by atoms with E-state index in [4.69, 9.17) is 5.73 Å². The number of hydrogen-bond acceptors (Lipinski definition) is 3. The highest BCUT2D eigenvalue weighted by Crippen LogP contribution is 2.27. The Morgan fingerprint density at radius 1 is 1.58 bits per heavy atom. The highest BCUT2D eigenvalue weighted by Gasteiger charge is 2.34. The lowest BCUT2D eigenvalue weighted by Gasteiger charge is -2.27. The quantitative estimate of drug-likeness (QED) is 0.594. The molecular formula is C8H14FNO2. The van der Waals surface area contributed by atoms with E-state index in [2.05, 4.69) is 4.74 Å². The number of carbonyl (C=O) groups excluding carboxylic acids is 1. The normalized spacial score (nSPS) is 36.1. The molecule has 4 heteroatoms. The summed E-state index contributed by atoms with van der Waals surface area (Å²) in [5, 5.41) is 0. The van der Waals surface area contributed by atoms with Crippen LogP contribution in [0.5, 0.6) is 0 Å². The van der Waals surface area contributed by atoms with Crippen LogP contribution in [-0.2, 0) is 9.53 Å². The van der Waals surface area contributed by atoms with E-state index in [1.165, 1.54) is 7.11 Å². The molecule has 0 aromatic heterocycles. The number of ether oxygens (including phenoxy) is 1. The Morgan fingerprint density at radius 3 is 2.83 bits per heavy atom. The monoisotopic (exact) mass is 175 g/mol. The fourth-order valence-electron chi connectivity index (χ4n) is 1.56. The molecule has 1 saturated carbocycles. The van der Waals surface area contributed by atoms with Crippen molar-refractivity contribution in [3.8, 4) is 0 Å². The zero-order valence-corrected chi connectivity index (χ0v) is 7.13. The summed E-state index contributed by atoms with van der Waals surface area (Å²) in [6.45, 7) is 0. The lowest BCUT2D eigenvalue weighted by molar-refractivity contribution is -0.149. The second kappa shape index (κ2) is 3.85. The molecule has 0 bridgehead atoms. The van der Waals surface area contributed by atoms with Gasteiger partial charge in [-0.1, -0.05) is 0 Å². The first-order valence-electron chi connectivity index (χ1n) is 4.12. The van der Waals surface area contributed by atoms with Crippen LogP contribution in [0, 0.1) is 5.92 Å². The fourth-order valence-corrected chi connectivity index (χ4v) is 1.56. The van der Waals surface area contributed by atoms with Gasteiger partial charge in [-0.05, 0) is 19.3 Å². The maximum absolute atomic E-state index is 13.1. The third kappa shape index (κ3) is 1.94. The van der Waals surface area contributed by atoms with E-state index in [0.717, 1.165) is 0 Å². The number of nitrogens with two attached hydrogens (primary N) is 1. The van der Waals surface area contributed by atoms with Crippen LogP contribution < -0.4 is 5.73 Å². The molecule has 1 fully saturated rings. The molecule has 0 aromatic rings. The van der Waals surface area contributed by atoms with Crippen LogP contribution in [0.2, 0.25) is 0 Å². The topological polar surface area (TPSA) is 52.3 Å². The zero-order valence-electron chi connectivity index (χ0n) is 7.13. The molecule has 0 aliphatic heterocycles. The van der Waals surface area contributed by atoms with Gasteiger partial charge in [0, 0.05) is 6.04 Å². The molecule has 1 aliphatic rings. The Kier molecular flexibility index (Phi) is 3.03. The van der Waals surface area contributed by atoms with Gasteiger partial charge >= 0.3 is 5.97 Å². The van der Waals surface area contributed by atoms with Crippen LogP contribution in [0.3, 0.4) is 0 Å². The summed E-state index contributed by atoms with van der Waals surface area (Å²) in [5.41, 5.74) is 5.61. The van der Waals surface area contributed by atoms with Crippen molar-refractivity contribution < 1.29 is 13.9 Å². The molecule has 2 N–H and O–H groups in total. The van der Waals surface area contributed by atoms with Crippen molar-refractivity contribution in [1.82, 2.24) is 0 Å². The van der Waals surface area contributed by atoms with Gasteiger partial charge in [0.25, 0.3) is 0 Å². The molecule has 3 unspecified atom stereocenters. The van der Waals surface area contributed by atoms with E-state index in [9.17, 15) is 9.18 Å². The molecular weight excluding hydrogens is 161 g/mol. The molecule has 3 nitrogen and oxygen atoms in total. The number of esters is 1. The summed E-state index contributed by atoms with van der Waals surface area (Å²) >= 11 is 0. The molecule has 0 radical (unpaired) electrons.